The average molecular weight is 279 g/mol. The molecule has 80 valence electrons. The molecule has 2 aromatic heterocycles. The minimum Gasteiger partial charge on any atom is -0.206 e. The zero-order chi connectivity index (χ0) is 11.1. The highest BCUT2D eigenvalue weighted by Gasteiger charge is 2.14. The molecule has 0 radical (unpaired) electrons. The van der Waals surface area contributed by atoms with Crippen molar-refractivity contribution in [2.75, 3.05) is 0 Å². The third-order valence-corrected chi connectivity index (χ3v) is 6.18. The lowest BCUT2D eigenvalue weighted by Gasteiger charge is -1.88. The molecule has 2 nitrogen and oxygen atoms in total. The molecule has 0 saturated heterocycles. The van der Waals surface area contributed by atoms with E-state index in [0.717, 1.165) is 9.75 Å². The largest absolute Gasteiger partial charge is 0.270 e. The lowest BCUT2D eigenvalue weighted by atomic mass is 10.4. The van der Waals surface area contributed by atoms with Crippen LogP contribution in [0.4, 0.5) is 0 Å². The molecule has 0 bridgehead atoms. The summed E-state index contributed by atoms with van der Waals surface area (Å²) < 4.78 is 22.3. The van der Waals surface area contributed by atoms with E-state index in [1.165, 1.54) is 22.3 Å². The van der Waals surface area contributed by atoms with Gasteiger partial charge in [-0.1, -0.05) is 0 Å². The quantitative estimate of drug-likeness (QED) is 0.785. The molecule has 15 heavy (non-hydrogen) atoms. The Hall–Kier alpha value is -0.360. The van der Waals surface area contributed by atoms with Gasteiger partial charge in [0.05, 0.1) is 0 Å². The van der Waals surface area contributed by atoms with Gasteiger partial charge in [0, 0.05) is 25.3 Å². The first-order valence-corrected chi connectivity index (χ1v) is 8.02. The summed E-state index contributed by atoms with van der Waals surface area (Å²) in [6.07, 6.45) is 0. The third kappa shape index (κ3) is 2.42. The minimum atomic E-state index is -3.59. The summed E-state index contributed by atoms with van der Waals surface area (Å²) in [7, 11) is 1.66. The van der Waals surface area contributed by atoms with Crippen LogP contribution in [0.2, 0.25) is 0 Å². The molecule has 0 aliphatic rings. The van der Waals surface area contributed by atoms with E-state index in [1.54, 1.807) is 17.4 Å². The van der Waals surface area contributed by atoms with Gasteiger partial charge in [0.1, 0.15) is 4.21 Å². The van der Waals surface area contributed by atoms with Crippen LogP contribution in [-0.2, 0) is 9.05 Å². The number of halogens is 1. The third-order valence-electron chi connectivity index (χ3n) is 1.80. The predicted molar refractivity (Wildman–Crippen MR) is 65.4 cm³/mol. The summed E-state index contributed by atoms with van der Waals surface area (Å²) in [5.74, 6) is 0. The Labute approximate surface area is 101 Å². The van der Waals surface area contributed by atoms with Gasteiger partial charge in [-0.2, -0.15) is 0 Å². The second-order valence-corrected chi connectivity index (χ2v) is 8.13. The Bertz CT molecular complexity index is 580. The SMILES string of the molecule is Cc1ccc(-c2ccc(S(=O)(=O)Cl)s2)s1. The van der Waals surface area contributed by atoms with E-state index in [2.05, 4.69) is 0 Å². The van der Waals surface area contributed by atoms with E-state index in [9.17, 15) is 8.42 Å². The lowest BCUT2D eigenvalue weighted by molar-refractivity contribution is 0.611. The molecule has 0 saturated carbocycles. The molecule has 2 heterocycles. The maximum atomic E-state index is 11.1. The fourth-order valence-electron chi connectivity index (χ4n) is 1.15. The average Bonchev–Trinajstić information content (AvgIpc) is 2.69. The van der Waals surface area contributed by atoms with Crippen molar-refractivity contribution in [1.82, 2.24) is 0 Å². The van der Waals surface area contributed by atoms with Crippen LogP contribution in [0.3, 0.4) is 0 Å². The molecular formula is C9H7ClO2S3. The summed E-state index contributed by atoms with van der Waals surface area (Å²) in [5, 5.41) is 0. The Morgan fingerprint density at radius 3 is 2.13 bits per heavy atom. The van der Waals surface area contributed by atoms with Crippen molar-refractivity contribution >= 4 is 42.4 Å². The normalized spacial score (nSPS) is 11.9. The van der Waals surface area contributed by atoms with Gasteiger partial charge in [0.15, 0.2) is 0 Å². The molecule has 0 aliphatic carbocycles. The van der Waals surface area contributed by atoms with Crippen LogP contribution >= 0.6 is 33.4 Å². The maximum absolute atomic E-state index is 11.1. The molecule has 0 aliphatic heterocycles. The number of aryl methyl sites for hydroxylation is 1. The van der Waals surface area contributed by atoms with Gasteiger partial charge in [-0.25, -0.2) is 8.42 Å². The summed E-state index contributed by atoms with van der Waals surface area (Å²) >= 11 is 2.83. The van der Waals surface area contributed by atoms with Crippen molar-refractivity contribution in [1.29, 1.82) is 0 Å². The minimum absolute atomic E-state index is 0.199. The van der Waals surface area contributed by atoms with Crippen molar-refractivity contribution in [3.63, 3.8) is 0 Å². The van der Waals surface area contributed by atoms with Gasteiger partial charge in [-0.3, -0.25) is 0 Å². The zero-order valence-corrected chi connectivity index (χ0v) is 10.9. The van der Waals surface area contributed by atoms with Crippen molar-refractivity contribution in [3.8, 4) is 9.75 Å². The van der Waals surface area contributed by atoms with E-state index in [0.29, 0.717) is 0 Å². The van der Waals surface area contributed by atoms with Gasteiger partial charge >= 0.3 is 0 Å². The molecule has 6 heteroatoms. The molecule has 0 N–H and O–H groups in total. The van der Waals surface area contributed by atoms with E-state index >= 15 is 0 Å². The second-order valence-electron chi connectivity index (χ2n) is 2.97. The first-order valence-electron chi connectivity index (χ1n) is 4.08. The van der Waals surface area contributed by atoms with Crippen molar-refractivity contribution < 1.29 is 8.42 Å². The second kappa shape index (κ2) is 3.90. The van der Waals surface area contributed by atoms with Crippen molar-refractivity contribution in [2.45, 2.75) is 11.1 Å². The highest BCUT2D eigenvalue weighted by Crippen LogP contribution is 2.35. The summed E-state index contributed by atoms with van der Waals surface area (Å²) in [6, 6.07) is 7.31. The van der Waals surface area contributed by atoms with Crippen LogP contribution in [0.5, 0.6) is 0 Å². The number of hydrogen-bond donors (Lipinski definition) is 0. The van der Waals surface area contributed by atoms with E-state index in [4.69, 9.17) is 10.7 Å². The molecule has 0 amide bonds. The summed E-state index contributed by atoms with van der Waals surface area (Å²) in [6.45, 7) is 2.01. The number of hydrogen-bond acceptors (Lipinski definition) is 4. The van der Waals surface area contributed by atoms with Gasteiger partial charge in [0.2, 0.25) is 0 Å². The topological polar surface area (TPSA) is 34.1 Å². The van der Waals surface area contributed by atoms with Gasteiger partial charge < -0.3 is 0 Å². The molecule has 2 rings (SSSR count). The van der Waals surface area contributed by atoms with E-state index in [-0.39, 0.29) is 4.21 Å². The van der Waals surface area contributed by atoms with Gasteiger partial charge in [-0.05, 0) is 31.2 Å². The van der Waals surface area contributed by atoms with Gasteiger partial charge in [-0.15, -0.1) is 22.7 Å². The van der Waals surface area contributed by atoms with Crippen LogP contribution in [0.1, 0.15) is 4.88 Å². The number of thiophene rings is 2. The van der Waals surface area contributed by atoms with Crippen molar-refractivity contribution in [3.05, 3.63) is 29.1 Å². The van der Waals surface area contributed by atoms with Crippen LogP contribution in [-0.4, -0.2) is 8.42 Å². The molecule has 0 atom stereocenters. The standard InChI is InChI=1S/C9H7ClO2S3/c1-6-2-3-7(13-6)8-4-5-9(14-8)15(10,11)12/h2-5H,1H3. The monoisotopic (exact) mass is 278 g/mol. The molecule has 0 spiro atoms. The zero-order valence-electron chi connectivity index (χ0n) is 7.73. The van der Waals surface area contributed by atoms with E-state index in [1.807, 2.05) is 19.1 Å². The van der Waals surface area contributed by atoms with Crippen molar-refractivity contribution in [2.24, 2.45) is 0 Å². The first kappa shape index (κ1) is 11.1. The van der Waals surface area contributed by atoms with Crippen LogP contribution < -0.4 is 0 Å². The van der Waals surface area contributed by atoms with E-state index < -0.39 is 9.05 Å². The molecule has 0 unspecified atom stereocenters. The fraction of sp³-hybridized carbons (Fsp3) is 0.111. The van der Waals surface area contributed by atoms with Crippen LogP contribution in [0, 0.1) is 6.92 Å². The highest BCUT2D eigenvalue weighted by molar-refractivity contribution is 8.15. The molecule has 0 fully saturated rings. The molecule has 2 aromatic rings. The fourth-order valence-corrected chi connectivity index (χ4v) is 4.18. The maximum Gasteiger partial charge on any atom is 0.270 e. The Kier molecular flexibility index (Phi) is 2.89. The molecule has 0 aromatic carbocycles. The Morgan fingerprint density at radius 1 is 1.07 bits per heavy atom. The van der Waals surface area contributed by atoms with Crippen LogP contribution in [0.25, 0.3) is 9.75 Å². The Morgan fingerprint density at radius 2 is 1.67 bits per heavy atom. The molecular weight excluding hydrogens is 272 g/mol. The van der Waals surface area contributed by atoms with Crippen LogP contribution in [0.15, 0.2) is 28.5 Å². The smallest absolute Gasteiger partial charge is 0.206 e. The lowest BCUT2D eigenvalue weighted by Crippen LogP contribution is -1.82. The predicted octanol–water partition coefficient (Wildman–Crippen LogP) is 3.71. The summed E-state index contributed by atoms with van der Waals surface area (Å²) in [5.41, 5.74) is 0. The summed E-state index contributed by atoms with van der Waals surface area (Å²) in [4.78, 5) is 3.21. The Balaban J connectivity index is 2.44. The first-order chi connectivity index (χ1) is 6.97. The van der Waals surface area contributed by atoms with Gasteiger partial charge in [0.25, 0.3) is 9.05 Å². The highest BCUT2D eigenvalue weighted by atomic mass is 35.7. The number of rotatable bonds is 2.